The number of nitrogens with zero attached hydrogens (tertiary/aromatic N) is 1. The first-order chi connectivity index (χ1) is 8.34. The highest BCUT2D eigenvalue weighted by atomic mass is 79.9. The molecule has 1 aliphatic heterocycles. The number of carbonyl (C=O) groups is 2. The first kappa shape index (κ1) is 13.5. The first-order valence-electron chi connectivity index (χ1n) is 5.68. The van der Waals surface area contributed by atoms with Crippen LogP contribution in [0.4, 0.5) is 0 Å². The molecule has 1 N–H and O–H groups in total. The van der Waals surface area contributed by atoms with Crippen LogP contribution in [0.25, 0.3) is 0 Å². The lowest BCUT2D eigenvalue weighted by Gasteiger charge is -2.43. The summed E-state index contributed by atoms with van der Waals surface area (Å²) in [6.07, 6.45) is 0. The Labute approximate surface area is 118 Å². The van der Waals surface area contributed by atoms with E-state index in [4.69, 9.17) is 0 Å². The predicted octanol–water partition coefficient (Wildman–Crippen LogP) is 2.14. The highest BCUT2D eigenvalue weighted by Crippen LogP contribution is 2.29. The van der Waals surface area contributed by atoms with Crippen molar-refractivity contribution < 1.29 is 9.59 Å². The van der Waals surface area contributed by atoms with Crippen molar-refractivity contribution in [2.45, 2.75) is 38.9 Å². The van der Waals surface area contributed by atoms with E-state index < -0.39 is 11.6 Å². The molecule has 1 fully saturated rings. The van der Waals surface area contributed by atoms with E-state index in [1.807, 2.05) is 11.4 Å². The van der Waals surface area contributed by atoms with Crippen molar-refractivity contribution in [3.05, 3.63) is 20.8 Å². The van der Waals surface area contributed by atoms with Gasteiger partial charge < -0.3 is 10.2 Å². The fourth-order valence-electron chi connectivity index (χ4n) is 1.92. The fraction of sp³-hybridized carbons (Fsp3) is 0.500. The lowest BCUT2D eigenvalue weighted by molar-refractivity contribution is -0.155. The van der Waals surface area contributed by atoms with Crippen LogP contribution in [0.3, 0.4) is 0 Å². The number of hydrogen-bond acceptors (Lipinski definition) is 3. The molecule has 6 heteroatoms. The van der Waals surface area contributed by atoms with Gasteiger partial charge in [0, 0.05) is 9.35 Å². The molecule has 1 unspecified atom stereocenters. The number of thiophene rings is 1. The molecule has 0 saturated carbocycles. The third kappa shape index (κ3) is 2.19. The quantitative estimate of drug-likeness (QED) is 0.903. The largest absolute Gasteiger partial charge is 0.343 e. The summed E-state index contributed by atoms with van der Waals surface area (Å²) in [5, 5.41) is 4.67. The van der Waals surface area contributed by atoms with Gasteiger partial charge >= 0.3 is 0 Å². The molecule has 1 atom stereocenters. The molecule has 2 heterocycles. The van der Waals surface area contributed by atoms with Crippen LogP contribution in [0.15, 0.2) is 15.9 Å². The van der Waals surface area contributed by atoms with E-state index in [-0.39, 0.29) is 11.8 Å². The van der Waals surface area contributed by atoms with Crippen LogP contribution in [0.5, 0.6) is 0 Å². The third-order valence-corrected chi connectivity index (χ3v) is 5.12. The summed E-state index contributed by atoms with van der Waals surface area (Å²) in [5.41, 5.74) is -0.812. The highest BCUT2D eigenvalue weighted by Gasteiger charge is 2.44. The summed E-state index contributed by atoms with van der Waals surface area (Å²) in [5.74, 6) is -0.151. The Morgan fingerprint density at radius 2 is 2.17 bits per heavy atom. The molecule has 4 nitrogen and oxygen atoms in total. The maximum atomic E-state index is 12.2. The summed E-state index contributed by atoms with van der Waals surface area (Å²) < 4.78 is 0.981. The standard InChI is InChI=1S/C12H15BrN2O2S/c1-7-10(16)15(12(2,3)11(17)14-7)6-9-8(13)4-5-18-9/h4-5,7H,6H2,1-3H3,(H,14,17). The maximum absolute atomic E-state index is 12.2. The minimum atomic E-state index is -0.812. The maximum Gasteiger partial charge on any atom is 0.246 e. The summed E-state index contributed by atoms with van der Waals surface area (Å²) in [6, 6.07) is 1.49. The van der Waals surface area contributed by atoms with Crippen molar-refractivity contribution >= 4 is 39.1 Å². The van der Waals surface area contributed by atoms with Gasteiger partial charge in [-0.15, -0.1) is 11.3 Å². The first-order valence-corrected chi connectivity index (χ1v) is 7.35. The molecule has 0 bridgehead atoms. The molecule has 2 amide bonds. The number of carbonyl (C=O) groups excluding carboxylic acids is 2. The van der Waals surface area contributed by atoms with E-state index in [2.05, 4.69) is 21.2 Å². The van der Waals surface area contributed by atoms with Gasteiger partial charge in [-0.05, 0) is 48.1 Å². The minimum Gasteiger partial charge on any atom is -0.343 e. The smallest absolute Gasteiger partial charge is 0.246 e. The van der Waals surface area contributed by atoms with E-state index in [1.165, 1.54) is 0 Å². The number of halogens is 1. The average Bonchev–Trinajstić information content (AvgIpc) is 2.68. The zero-order valence-electron chi connectivity index (χ0n) is 10.5. The van der Waals surface area contributed by atoms with Crippen LogP contribution < -0.4 is 5.32 Å². The van der Waals surface area contributed by atoms with Crippen molar-refractivity contribution in [1.82, 2.24) is 10.2 Å². The molecule has 1 saturated heterocycles. The van der Waals surface area contributed by atoms with Gasteiger partial charge in [0.25, 0.3) is 0 Å². The summed E-state index contributed by atoms with van der Waals surface area (Å²) in [6.45, 7) is 5.72. The molecule has 1 aromatic heterocycles. The SMILES string of the molecule is CC1NC(=O)C(C)(C)N(Cc2sccc2Br)C1=O. The molecular formula is C12H15BrN2O2S. The molecule has 1 aromatic rings. The van der Waals surface area contributed by atoms with Gasteiger partial charge in [0.1, 0.15) is 11.6 Å². The van der Waals surface area contributed by atoms with Gasteiger partial charge in [-0.1, -0.05) is 0 Å². The number of amides is 2. The van der Waals surface area contributed by atoms with Gasteiger partial charge in [-0.3, -0.25) is 9.59 Å². The number of piperazine rings is 1. The highest BCUT2D eigenvalue weighted by molar-refractivity contribution is 9.10. The molecule has 0 aromatic carbocycles. The second-order valence-electron chi connectivity index (χ2n) is 4.87. The molecule has 0 spiro atoms. The molecule has 0 aliphatic carbocycles. The topological polar surface area (TPSA) is 49.4 Å². The molecule has 2 rings (SSSR count). The summed E-state index contributed by atoms with van der Waals surface area (Å²) >= 11 is 5.03. The predicted molar refractivity (Wildman–Crippen MR) is 74.3 cm³/mol. The summed E-state index contributed by atoms with van der Waals surface area (Å²) in [7, 11) is 0. The fourth-order valence-corrected chi connectivity index (χ4v) is 3.39. The Hall–Kier alpha value is -0.880. The third-order valence-electron chi connectivity index (χ3n) is 3.21. The Bertz CT molecular complexity index is 498. The van der Waals surface area contributed by atoms with Crippen LogP contribution in [-0.4, -0.2) is 28.3 Å². The number of nitrogens with one attached hydrogen (secondary N) is 1. The van der Waals surface area contributed by atoms with Crippen LogP contribution in [0, 0.1) is 0 Å². The Kier molecular flexibility index (Phi) is 3.51. The van der Waals surface area contributed by atoms with Crippen molar-refractivity contribution in [3.8, 4) is 0 Å². The lowest BCUT2D eigenvalue weighted by Crippen LogP contribution is -2.67. The second-order valence-corrected chi connectivity index (χ2v) is 6.73. The molecule has 98 valence electrons. The van der Waals surface area contributed by atoms with Gasteiger partial charge in [0.15, 0.2) is 0 Å². The number of hydrogen-bond donors (Lipinski definition) is 1. The Balaban J connectivity index is 2.30. The van der Waals surface area contributed by atoms with E-state index in [9.17, 15) is 9.59 Å². The summed E-state index contributed by atoms with van der Waals surface area (Å²) in [4.78, 5) is 26.9. The van der Waals surface area contributed by atoms with Crippen molar-refractivity contribution in [2.75, 3.05) is 0 Å². The second kappa shape index (κ2) is 4.66. The number of rotatable bonds is 2. The van der Waals surface area contributed by atoms with Crippen molar-refractivity contribution in [3.63, 3.8) is 0 Å². The van der Waals surface area contributed by atoms with Crippen LogP contribution >= 0.6 is 27.3 Å². The van der Waals surface area contributed by atoms with Gasteiger partial charge in [0.2, 0.25) is 11.8 Å². The van der Waals surface area contributed by atoms with Crippen molar-refractivity contribution in [2.24, 2.45) is 0 Å². The Morgan fingerprint density at radius 1 is 1.50 bits per heavy atom. The van der Waals surface area contributed by atoms with Gasteiger partial charge in [0.05, 0.1) is 6.54 Å². The molecule has 18 heavy (non-hydrogen) atoms. The van der Waals surface area contributed by atoms with E-state index in [0.29, 0.717) is 6.54 Å². The van der Waals surface area contributed by atoms with Gasteiger partial charge in [-0.2, -0.15) is 0 Å². The zero-order valence-corrected chi connectivity index (χ0v) is 12.9. The monoisotopic (exact) mass is 330 g/mol. The van der Waals surface area contributed by atoms with E-state index >= 15 is 0 Å². The minimum absolute atomic E-state index is 0.0418. The zero-order chi connectivity index (χ0) is 13.5. The van der Waals surface area contributed by atoms with Crippen LogP contribution in [0.2, 0.25) is 0 Å². The molecule has 1 aliphatic rings. The molecular weight excluding hydrogens is 316 g/mol. The molecule has 0 radical (unpaired) electrons. The Morgan fingerprint density at radius 3 is 2.72 bits per heavy atom. The van der Waals surface area contributed by atoms with Crippen molar-refractivity contribution in [1.29, 1.82) is 0 Å². The lowest BCUT2D eigenvalue weighted by atomic mass is 9.96. The van der Waals surface area contributed by atoms with Gasteiger partial charge in [-0.25, -0.2) is 0 Å². The normalized spacial score (nSPS) is 23.1. The van der Waals surface area contributed by atoms with E-state index in [0.717, 1.165) is 9.35 Å². The van der Waals surface area contributed by atoms with Crippen LogP contribution in [0.1, 0.15) is 25.6 Å². The van der Waals surface area contributed by atoms with E-state index in [1.54, 1.807) is 37.0 Å². The van der Waals surface area contributed by atoms with Crippen LogP contribution in [-0.2, 0) is 16.1 Å². The average molecular weight is 331 g/mol.